The third-order valence-corrected chi connectivity index (χ3v) is 3.38. The lowest BCUT2D eigenvalue weighted by Crippen LogP contribution is -2.20. The summed E-state index contributed by atoms with van der Waals surface area (Å²) in [5.41, 5.74) is 1.09. The topological polar surface area (TPSA) is 55.4 Å². The summed E-state index contributed by atoms with van der Waals surface area (Å²) in [7, 11) is 0. The Balaban J connectivity index is 1.59. The van der Waals surface area contributed by atoms with E-state index < -0.39 is 5.97 Å². The highest BCUT2D eigenvalue weighted by Crippen LogP contribution is 2.18. The van der Waals surface area contributed by atoms with Crippen LogP contribution in [0.3, 0.4) is 0 Å². The lowest BCUT2D eigenvalue weighted by atomic mass is 10.1. The van der Waals surface area contributed by atoms with Gasteiger partial charge in [0.25, 0.3) is 5.91 Å². The molecule has 3 rings (SSSR count). The van der Waals surface area contributed by atoms with Crippen molar-refractivity contribution < 1.29 is 14.3 Å². The molecule has 23 heavy (non-hydrogen) atoms. The number of amides is 1. The molecule has 0 unspecified atom stereocenters. The van der Waals surface area contributed by atoms with Crippen molar-refractivity contribution in [1.29, 1.82) is 0 Å². The van der Waals surface area contributed by atoms with Gasteiger partial charge in [-0.2, -0.15) is 0 Å². The molecule has 0 radical (unpaired) electrons. The number of hydrogen-bond donors (Lipinski definition) is 1. The molecular weight excluding hydrogens is 290 g/mol. The van der Waals surface area contributed by atoms with E-state index in [1.54, 1.807) is 24.3 Å². The number of rotatable bonds is 4. The third-order valence-electron chi connectivity index (χ3n) is 3.38. The van der Waals surface area contributed by atoms with Gasteiger partial charge in [0.1, 0.15) is 0 Å². The molecule has 4 nitrogen and oxygen atoms in total. The van der Waals surface area contributed by atoms with Crippen molar-refractivity contribution in [2.24, 2.45) is 0 Å². The Hall–Kier alpha value is -3.14. The quantitative estimate of drug-likeness (QED) is 0.749. The van der Waals surface area contributed by atoms with Gasteiger partial charge in [-0.15, -0.1) is 0 Å². The molecule has 0 aliphatic rings. The van der Waals surface area contributed by atoms with Crippen LogP contribution < -0.4 is 5.32 Å². The fourth-order valence-electron chi connectivity index (χ4n) is 2.25. The molecule has 0 aliphatic heterocycles. The standard InChI is InChI=1S/C19H15NO3/c21-18(13-23-19(22)15-7-2-1-3-8-15)20-17-11-10-14-6-4-5-9-16(14)12-17/h1-12H,13H2,(H,20,21). The molecule has 4 heteroatoms. The van der Waals surface area contributed by atoms with Crippen LogP contribution in [-0.2, 0) is 9.53 Å². The maximum absolute atomic E-state index is 11.9. The van der Waals surface area contributed by atoms with E-state index in [1.807, 2.05) is 48.5 Å². The van der Waals surface area contributed by atoms with Gasteiger partial charge in [-0.25, -0.2) is 4.79 Å². The number of hydrogen-bond acceptors (Lipinski definition) is 3. The van der Waals surface area contributed by atoms with E-state index in [-0.39, 0.29) is 12.5 Å². The summed E-state index contributed by atoms with van der Waals surface area (Å²) in [6.07, 6.45) is 0. The fourth-order valence-corrected chi connectivity index (χ4v) is 2.25. The minimum Gasteiger partial charge on any atom is -0.452 e. The molecule has 0 heterocycles. The zero-order valence-corrected chi connectivity index (χ0v) is 12.4. The number of nitrogens with one attached hydrogen (secondary N) is 1. The summed E-state index contributed by atoms with van der Waals surface area (Å²) in [5.74, 6) is -0.885. The maximum Gasteiger partial charge on any atom is 0.338 e. The van der Waals surface area contributed by atoms with E-state index in [1.165, 1.54) is 0 Å². The van der Waals surface area contributed by atoms with Gasteiger partial charge in [-0.1, -0.05) is 48.5 Å². The van der Waals surface area contributed by atoms with Gasteiger partial charge in [0.2, 0.25) is 0 Å². The van der Waals surface area contributed by atoms with Gasteiger partial charge in [0.05, 0.1) is 5.56 Å². The molecule has 114 valence electrons. The molecular formula is C19H15NO3. The van der Waals surface area contributed by atoms with Crippen LogP contribution in [0.2, 0.25) is 0 Å². The zero-order chi connectivity index (χ0) is 16.1. The van der Waals surface area contributed by atoms with Gasteiger partial charge in [0, 0.05) is 5.69 Å². The molecule has 0 saturated heterocycles. The third kappa shape index (κ3) is 3.74. The Morgan fingerprint density at radius 2 is 1.52 bits per heavy atom. The first kappa shape index (κ1) is 14.8. The number of benzene rings is 3. The van der Waals surface area contributed by atoms with Crippen molar-refractivity contribution in [3.63, 3.8) is 0 Å². The molecule has 1 N–H and O–H groups in total. The maximum atomic E-state index is 11.9. The smallest absolute Gasteiger partial charge is 0.338 e. The Morgan fingerprint density at radius 1 is 0.826 bits per heavy atom. The summed E-state index contributed by atoms with van der Waals surface area (Å²) < 4.78 is 5.00. The highest BCUT2D eigenvalue weighted by atomic mass is 16.5. The second kappa shape index (κ2) is 6.75. The number of esters is 1. The molecule has 0 fully saturated rings. The predicted octanol–water partition coefficient (Wildman–Crippen LogP) is 3.64. The number of carbonyl (C=O) groups excluding carboxylic acids is 2. The number of carbonyl (C=O) groups is 2. The van der Waals surface area contributed by atoms with Crippen molar-refractivity contribution in [1.82, 2.24) is 0 Å². The Morgan fingerprint density at radius 3 is 2.30 bits per heavy atom. The molecule has 3 aromatic rings. The SMILES string of the molecule is O=C(COC(=O)c1ccccc1)Nc1ccc2ccccc2c1. The van der Waals surface area contributed by atoms with Gasteiger partial charge < -0.3 is 10.1 Å². The predicted molar refractivity (Wildman–Crippen MR) is 89.3 cm³/mol. The molecule has 0 aliphatic carbocycles. The number of ether oxygens (including phenoxy) is 1. The molecule has 0 aromatic heterocycles. The first-order valence-electron chi connectivity index (χ1n) is 7.23. The van der Waals surface area contributed by atoms with Crippen molar-refractivity contribution >= 4 is 28.3 Å². The second-order valence-corrected chi connectivity index (χ2v) is 5.05. The average molecular weight is 305 g/mol. The van der Waals surface area contributed by atoms with E-state index in [9.17, 15) is 9.59 Å². The Kier molecular flexibility index (Phi) is 4.34. The Labute approximate surface area is 133 Å². The van der Waals surface area contributed by atoms with Crippen LogP contribution in [0.5, 0.6) is 0 Å². The van der Waals surface area contributed by atoms with Gasteiger partial charge in [-0.05, 0) is 35.0 Å². The van der Waals surface area contributed by atoms with Crippen LogP contribution >= 0.6 is 0 Å². The summed E-state index contributed by atoms with van der Waals surface area (Å²) in [5, 5.41) is 4.86. The van der Waals surface area contributed by atoms with Crippen LogP contribution in [-0.4, -0.2) is 18.5 Å². The molecule has 0 atom stereocenters. The van der Waals surface area contributed by atoms with Crippen molar-refractivity contribution in [3.8, 4) is 0 Å². The summed E-state index contributed by atoms with van der Waals surface area (Å²) in [6, 6.07) is 22.1. The lowest BCUT2D eigenvalue weighted by molar-refractivity contribution is -0.119. The molecule has 0 spiro atoms. The summed E-state index contributed by atoms with van der Waals surface area (Å²) >= 11 is 0. The fraction of sp³-hybridized carbons (Fsp3) is 0.0526. The summed E-state index contributed by atoms with van der Waals surface area (Å²) in [4.78, 5) is 23.7. The minimum atomic E-state index is -0.515. The van der Waals surface area contributed by atoms with Gasteiger partial charge >= 0.3 is 5.97 Å². The van der Waals surface area contributed by atoms with Crippen LogP contribution in [0, 0.1) is 0 Å². The first-order valence-corrected chi connectivity index (χ1v) is 7.23. The van der Waals surface area contributed by atoms with E-state index in [4.69, 9.17) is 4.74 Å². The highest BCUT2D eigenvalue weighted by molar-refractivity contribution is 5.97. The summed E-state index contributed by atoms with van der Waals surface area (Å²) in [6.45, 7) is -0.319. The normalized spacial score (nSPS) is 10.3. The molecule has 0 saturated carbocycles. The molecule has 0 bridgehead atoms. The van der Waals surface area contributed by atoms with Crippen LogP contribution in [0.4, 0.5) is 5.69 Å². The van der Waals surface area contributed by atoms with Crippen molar-refractivity contribution in [2.45, 2.75) is 0 Å². The highest BCUT2D eigenvalue weighted by Gasteiger charge is 2.09. The second-order valence-electron chi connectivity index (χ2n) is 5.05. The minimum absolute atomic E-state index is 0.319. The first-order chi connectivity index (χ1) is 11.2. The monoisotopic (exact) mass is 305 g/mol. The van der Waals surface area contributed by atoms with Crippen LogP contribution in [0.25, 0.3) is 10.8 Å². The lowest BCUT2D eigenvalue weighted by Gasteiger charge is -2.07. The number of anilines is 1. The van der Waals surface area contributed by atoms with Gasteiger partial charge in [0.15, 0.2) is 6.61 Å². The Bertz CT molecular complexity index is 843. The van der Waals surface area contributed by atoms with Crippen molar-refractivity contribution in [2.75, 3.05) is 11.9 Å². The van der Waals surface area contributed by atoms with E-state index in [0.29, 0.717) is 11.3 Å². The van der Waals surface area contributed by atoms with Crippen LogP contribution in [0.1, 0.15) is 10.4 Å². The average Bonchev–Trinajstić information content (AvgIpc) is 2.60. The van der Waals surface area contributed by atoms with Gasteiger partial charge in [-0.3, -0.25) is 4.79 Å². The molecule has 3 aromatic carbocycles. The van der Waals surface area contributed by atoms with E-state index in [2.05, 4.69) is 5.32 Å². The van der Waals surface area contributed by atoms with Crippen LogP contribution in [0.15, 0.2) is 72.8 Å². The molecule has 1 amide bonds. The van der Waals surface area contributed by atoms with E-state index in [0.717, 1.165) is 10.8 Å². The number of fused-ring (bicyclic) bond motifs is 1. The van der Waals surface area contributed by atoms with E-state index >= 15 is 0 Å². The van der Waals surface area contributed by atoms with Crippen molar-refractivity contribution in [3.05, 3.63) is 78.4 Å². The largest absolute Gasteiger partial charge is 0.452 e. The zero-order valence-electron chi connectivity index (χ0n) is 12.4.